The highest BCUT2D eigenvalue weighted by Crippen LogP contribution is 2.22. The van der Waals surface area contributed by atoms with Gasteiger partial charge in [-0.15, -0.1) is 0 Å². The van der Waals surface area contributed by atoms with Gasteiger partial charge in [-0.1, -0.05) is 11.6 Å². The van der Waals surface area contributed by atoms with E-state index in [2.05, 4.69) is 25.6 Å². The molecule has 0 amide bonds. The van der Waals surface area contributed by atoms with Gasteiger partial charge in [0.05, 0.1) is 10.2 Å². The Balaban J connectivity index is 2.37. The van der Waals surface area contributed by atoms with Crippen LogP contribution in [0.3, 0.4) is 0 Å². The Kier molecular flexibility index (Phi) is 4.17. The second-order valence-corrected chi connectivity index (χ2v) is 6.69. The van der Waals surface area contributed by atoms with Crippen molar-refractivity contribution in [2.75, 3.05) is 4.72 Å². The van der Waals surface area contributed by atoms with Crippen molar-refractivity contribution < 1.29 is 12.8 Å². The summed E-state index contributed by atoms with van der Waals surface area (Å²) in [7, 11) is -3.93. The number of nitrogens with one attached hydrogen (secondary N) is 2. The number of halogens is 3. The number of sulfonamides is 1. The minimum Gasteiger partial charge on any atom is -0.326 e. The number of aromatic amines is 1. The molecule has 1 aromatic heterocycles. The molecular formula is C11H7BrClFN2O3S. The van der Waals surface area contributed by atoms with Gasteiger partial charge in [-0.2, -0.15) is 0 Å². The Morgan fingerprint density at radius 2 is 2.00 bits per heavy atom. The number of H-pyrrole nitrogens is 1. The summed E-state index contributed by atoms with van der Waals surface area (Å²) in [6.45, 7) is 0. The van der Waals surface area contributed by atoms with Crippen LogP contribution in [0.2, 0.25) is 5.02 Å². The van der Waals surface area contributed by atoms with E-state index in [1.54, 1.807) is 0 Å². The van der Waals surface area contributed by atoms with Crippen LogP contribution >= 0.6 is 27.5 Å². The van der Waals surface area contributed by atoms with Crippen LogP contribution in [0.4, 0.5) is 10.1 Å². The molecule has 0 spiro atoms. The van der Waals surface area contributed by atoms with Gasteiger partial charge in [-0.25, -0.2) is 12.8 Å². The smallest absolute Gasteiger partial charge is 0.266 e. The van der Waals surface area contributed by atoms with E-state index >= 15 is 0 Å². The van der Waals surface area contributed by atoms with Crippen LogP contribution in [-0.4, -0.2) is 13.4 Å². The second-order valence-electron chi connectivity index (χ2n) is 3.75. The Morgan fingerprint density at radius 1 is 1.30 bits per heavy atom. The van der Waals surface area contributed by atoms with Gasteiger partial charge in [0.2, 0.25) is 0 Å². The third-order valence-electron chi connectivity index (χ3n) is 2.31. The Morgan fingerprint density at radius 3 is 2.60 bits per heavy atom. The molecule has 0 unspecified atom stereocenters. The third kappa shape index (κ3) is 3.20. The highest BCUT2D eigenvalue weighted by atomic mass is 79.9. The zero-order chi connectivity index (χ0) is 14.9. The lowest BCUT2D eigenvalue weighted by molar-refractivity contribution is 0.600. The first-order valence-electron chi connectivity index (χ1n) is 5.16. The quantitative estimate of drug-likeness (QED) is 0.858. The van der Waals surface area contributed by atoms with Crippen LogP contribution in [0.1, 0.15) is 0 Å². The Bertz CT molecular complexity index is 823. The molecule has 0 aliphatic carbocycles. The van der Waals surface area contributed by atoms with Crippen LogP contribution < -0.4 is 10.3 Å². The van der Waals surface area contributed by atoms with E-state index in [1.165, 1.54) is 12.1 Å². The van der Waals surface area contributed by atoms with Gasteiger partial charge < -0.3 is 4.98 Å². The molecule has 0 bridgehead atoms. The zero-order valence-electron chi connectivity index (χ0n) is 9.65. The molecule has 0 atom stereocenters. The summed E-state index contributed by atoms with van der Waals surface area (Å²) in [5.74, 6) is -0.514. The average molecular weight is 382 g/mol. The summed E-state index contributed by atoms with van der Waals surface area (Å²) in [6, 6.07) is 4.69. The number of hydrogen-bond donors (Lipinski definition) is 2. The van der Waals surface area contributed by atoms with E-state index < -0.39 is 21.4 Å². The van der Waals surface area contributed by atoms with Gasteiger partial charge in [0.1, 0.15) is 15.7 Å². The molecular weight excluding hydrogens is 375 g/mol. The first kappa shape index (κ1) is 15.0. The number of pyridine rings is 1. The van der Waals surface area contributed by atoms with Crippen LogP contribution in [0.15, 0.2) is 44.6 Å². The molecule has 9 heteroatoms. The maximum absolute atomic E-state index is 13.1. The van der Waals surface area contributed by atoms with Crippen molar-refractivity contribution in [2.45, 2.75) is 4.90 Å². The van der Waals surface area contributed by atoms with Crippen molar-refractivity contribution in [3.63, 3.8) is 0 Å². The van der Waals surface area contributed by atoms with Crippen molar-refractivity contribution in [3.05, 3.63) is 56.1 Å². The van der Waals surface area contributed by atoms with Crippen LogP contribution in [-0.2, 0) is 10.0 Å². The molecule has 1 heterocycles. The van der Waals surface area contributed by atoms with Crippen LogP contribution in [0.5, 0.6) is 0 Å². The fraction of sp³-hybridized carbons (Fsp3) is 0. The number of hydrogen-bond acceptors (Lipinski definition) is 3. The van der Waals surface area contributed by atoms with Gasteiger partial charge in [-0.05, 0) is 40.2 Å². The van der Waals surface area contributed by atoms with E-state index in [0.29, 0.717) is 0 Å². The minimum absolute atomic E-state index is 0.122. The maximum atomic E-state index is 13.1. The Hall–Kier alpha value is -1.38. The molecule has 2 aromatic rings. The molecule has 0 aliphatic heterocycles. The first-order valence-corrected chi connectivity index (χ1v) is 7.81. The summed E-state index contributed by atoms with van der Waals surface area (Å²) in [5, 5.41) is -0.242. The van der Waals surface area contributed by atoms with Gasteiger partial charge in [-0.3, -0.25) is 9.52 Å². The molecule has 5 nitrogen and oxygen atoms in total. The molecule has 2 N–H and O–H groups in total. The molecule has 0 saturated heterocycles. The second kappa shape index (κ2) is 5.55. The zero-order valence-corrected chi connectivity index (χ0v) is 12.8. The number of anilines is 1. The molecule has 0 radical (unpaired) electrons. The molecule has 0 fully saturated rings. The van der Waals surface area contributed by atoms with Gasteiger partial charge in [0.15, 0.2) is 0 Å². The van der Waals surface area contributed by atoms with Crippen molar-refractivity contribution >= 4 is 43.2 Å². The van der Waals surface area contributed by atoms with Crippen LogP contribution in [0.25, 0.3) is 0 Å². The first-order chi connectivity index (χ1) is 9.29. The summed E-state index contributed by atoms with van der Waals surface area (Å²) >= 11 is 8.53. The highest BCUT2D eigenvalue weighted by molar-refractivity contribution is 9.10. The summed E-state index contributed by atoms with van der Waals surface area (Å²) in [5.41, 5.74) is -0.421. The fourth-order valence-electron chi connectivity index (χ4n) is 1.37. The normalized spacial score (nSPS) is 11.3. The van der Waals surface area contributed by atoms with Crippen molar-refractivity contribution in [3.8, 4) is 0 Å². The fourth-order valence-corrected chi connectivity index (χ4v) is 3.02. The molecule has 1 aromatic carbocycles. The Labute approximate surface area is 127 Å². The number of rotatable bonds is 3. The predicted molar refractivity (Wildman–Crippen MR) is 77.0 cm³/mol. The molecule has 20 heavy (non-hydrogen) atoms. The van der Waals surface area contributed by atoms with E-state index in [4.69, 9.17) is 11.6 Å². The summed E-state index contributed by atoms with van der Waals surface area (Å²) < 4.78 is 39.6. The maximum Gasteiger partial charge on any atom is 0.266 e. The molecule has 2 rings (SSSR count). The SMILES string of the molecule is O=c1[nH]cc(S(=O)(=O)Nc2ccc(F)c(Br)c2)cc1Cl. The molecule has 0 aliphatic rings. The van der Waals surface area contributed by atoms with Crippen LogP contribution in [0, 0.1) is 5.82 Å². The van der Waals surface area contributed by atoms with Gasteiger partial charge >= 0.3 is 0 Å². The lowest BCUT2D eigenvalue weighted by Gasteiger charge is -2.08. The van der Waals surface area contributed by atoms with Gasteiger partial charge in [0, 0.05) is 6.20 Å². The summed E-state index contributed by atoms with van der Waals surface area (Å²) in [6.07, 6.45) is 1.02. The average Bonchev–Trinajstić information content (AvgIpc) is 2.37. The standard InChI is InChI=1S/C11H7BrClFN2O3S/c12-8-3-6(1-2-10(8)14)16-20(18,19)7-4-9(13)11(17)15-5-7/h1-5,16H,(H,15,17). The third-order valence-corrected chi connectivity index (χ3v) is 4.56. The highest BCUT2D eigenvalue weighted by Gasteiger charge is 2.16. The molecule has 0 saturated carbocycles. The van der Waals surface area contributed by atoms with E-state index in [-0.39, 0.29) is 20.1 Å². The lowest BCUT2D eigenvalue weighted by Crippen LogP contribution is -2.16. The van der Waals surface area contributed by atoms with Crippen molar-refractivity contribution in [2.24, 2.45) is 0 Å². The topological polar surface area (TPSA) is 79.0 Å². The van der Waals surface area contributed by atoms with Crippen molar-refractivity contribution in [1.82, 2.24) is 4.98 Å². The monoisotopic (exact) mass is 380 g/mol. The summed E-state index contributed by atoms with van der Waals surface area (Å²) in [4.78, 5) is 13.1. The predicted octanol–water partition coefficient (Wildman–Crippen LogP) is 2.73. The lowest BCUT2D eigenvalue weighted by atomic mass is 10.3. The largest absolute Gasteiger partial charge is 0.326 e. The molecule has 106 valence electrons. The minimum atomic E-state index is -3.93. The number of benzene rings is 1. The number of aromatic nitrogens is 1. The van der Waals surface area contributed by atoms with Crippen molar-refractivity contribution in [1.29, 1.82) is 0 Å². The van der Waals surface area contributed by atoms with E-state index in [9.17, 15) is 17.6 Å². The van der Waals surface area contributed by atoms with E-state index in [0.717, 1.165) is 18.3 Å². The van der Waals surface area contributed by atoms with Gasteiger partial charge in [0.25, 0.3) is 15.6 Å². The van der Waals surface area contributed by atoms with E-state index in [1.807, 2.05) is 0 Å².